The van der Waals surface area contributed by atoms with Crippen molar-refractivity contribution in [1.29, 1.82) is 0 Å². The lowest BCUT2D eigenvalue weighted by Crippen LogP contribution is -2.36. The van der Waals surface area contributed by atoms with E-state index in [0.717, 1.165) is 28.7 Å². The van der Waals surface area contributed by atoms with Gasteiger partial charge in [0.15, 0.2) is 0 Å². The van der Waals surface area contributed by atoms with Crippen LogP contribution < -0.4 is 0 Å². The normalized spacial score (nSPS) is 17.4. The van der Waals surface area contributed by atoms with Gasteiger partial charge in [0.1, 0.15) is 5.78 Å². The molecule has 0 spiro atoms. The maximum Gasteiger partial charge on any atom is 0.337 e. The second-order valence-electron chi connectivity index (χ2n) is 10.8. The minimum atomic E-state index is -0.377. The summed E-state index contributed by atoms with van der Waals surface area (Å²) in [4.78, 5) is 44.7. The van der Waals surface area contributed by atoms with Crippen molar-refractivity contribution in [2.75, 3.05) is 13.7 Å². The van der Waals surface area contributed by atoms with Crippen LogP contribution >= 0.6 is 0 Å². The number of methoxy groups -OCH3 is 1. The Kier molecular flexibility index (Phi) is 7.47. The minimum Gasteiger partial charge on any atom is -0.465 e. The molecule has 41 heavy (non-hydrogen) atoms. The third-order valence-electron chi connectivity index (χ3n) is 8.37. The van der Waals surface area contributed by atoms with Gasteiger partial charge in [0.25, 0.3) is 5.91 Å². The Morgan fingerprint density at radius 2 is 1.76 bits per heavy atom. The van der Waals surface area contributed by atoms with E-state index < -0.39 is 0 Å². The van der Waals surface area contributed by atoms with Crippen LogP contribution in [0.4, 0.5) is 0 Å². The van der Waals surface area contributed by atoms with Gasteiger partial charge in [-0.05, 0) is 82.8 Å². The number of pyridine rings is 1. The SMILES string of the molecule is COC(=O)c1cccc(-c2ccc(CCC(=O)C3CC3c3ccccc3)c3c2CCN(C(=O)c2cccnc2)C3)c1. The predicted octanol–water partition coefficient (Wildman–Crippen LogP) is 6.04. The van der Waals surface area contributed by atoms with Crippen molar-refractivity contribution < 1.29 is 19.1 Å². The summed E-state index contributed by atoms with van der Waals surface area (Å²) in [7, 11) is 1.38. The number of aromatic nitrogens is 1. The Hall–Kier alpha value is -4.58. The molecule has 2 aliphatic rings. The highest BCUT2D eigenvalue weighted by Crippen LogP contribution is 2.48. The van der Waals surface area contributed by atoms with E-state index >= 15 is 0 Å². The topological polar surface area (TPSA) is 76.6 Å². The number of fused-ring (bicyclic) bond motifs is 1. The van der Waals surface area contributed by atoms with Gasteiger partial charge >= 0.3 is 5.97 Å². The molecule has 1 amide bonds. The Bertz CT molecular complexity index is 1600. The molecule has 6 heteroatoms. The number of benzene rings is 3. The van der Waals surface area contributed by atoms with Crippen molar-refractivity contribution in [2.24, 2.45) is 5.92 Å². The Balaban J connectivity index is 1.28. The van der Waals surface area contributed by atoms with E-state index in [1.165, 1.54) is 18.2 Å². The fourth-order valence-corrected chi connectivity index (χ4v) is 6.08. The molecule has 0 radical (unpaired) electrons. The molecule has 1 aliphatic heterocycles. The lowest BCUT2D eigenvalue weighted by molar-refractivity contribution is -0.120. The van der Waals surface area contributed by atoms with Crippen molar-refractivity contribution in [2.45, 2.75) is 38.1 Å². The van der Waals surface area contributed by atoms with Gasteiger partial charge < -0.3 is 9.64 Å². The van der Waals surface area contributed by atoms with Crippen LogP contribution in [0.15, 0.2) is 91.3 Å². The first-order valence-corrected chi connectivity index (χ1v) is 14.1. The number of amides is 1. The summed E-state index contributed by atoms with van der Waals surface area (Å²) in [6.45, 7) is 1.04. The number of ketones is 1. The monoisotopic (exact) mass is 544 g/mol. The van der Waals surface area contributed by atoms with Crippen molar-refractivity contribution in [1.82, 2.24) is 9.88 Å². The molecule has 4 aromatic rings. The molecule has 0 bridgehead atoms. The van der Waals surface area contributed by atoms with Crippen LogP contribution in [0, 0.1) is 5.92 Å². The second-order valence-corrected chi connectivity index (χ2v) is 10.8. The van der Waals surface area contributed by atoms with Crippen LogP contribution in [-0.4, -0.2) is 41.2 Å². The largest absolute Gasteiger partial charge is 0.465 e. The van der Waals surface area contributed by atoms with E-state index in [9.17, 15) is 14.4 Å². The zero-order chi connectivity index (χ0) is 28.3. The minimum absolute atomic E-state index is 0.0486. The van der Waals surface area contributed by atoms with E-state index in [2.05, 4.69) is 29.2 Å². The molecule has 2 heterocycles. The van der Waals surface area contributed by atoms with E-state index in [1.807, 2.05) is 41.3 Å². The molecule has 1 aromatic heterocycles. The maximum absolute atomic E-state index is 13.3. The summed E-state index contributed by atoms with van der Waals surface area (Å²) in [6.07, 6.45) is 5.98. The average molecular weight is 545 g/mol. The lowest BCUT2D eigenvalue weighted by atomic mass is 9.85. The second kappa shape index (κ2) is 11.5. The summed E-state index contributed by atoms with van der Waals surface area (Å²) >= 11 is 0. The van der Waals surface area contributed by atoms with Crippen molar-refractivity contribution in [3.8, 4) is 11.1 Å². The fraction of sp³-hybridized carbons (Fsp3) is 0.257. The molecule has 0 N–H and O–H groups in total. The number of nitrogens with zero attached hydrogens (tertiary/aromatic N) is 2. The molecule has 1 fully saturated rings. The molecule has 2 unspecified atom stereocenters. The van der Waals surface area contributed by atoms with Gasteiger partial charge in [-0.3, -0.25) is 14.6 Å². The summed E-state index contributed by atoms with van der Waals surface area (Å²) in [6, 6.07) is 25.5. The summed E-state index contributed by atoms with van der Waals surface area (Å²) in [5.41, 5.74) is 7.64. The fourth-order valence-electron chi connectivity index (χ4n) is 6.08. The Labute approximate surface area is 240 Å². The Morgan fingerprint density at radius 3 is 2.54 bits per heavy atom. The predicted molar refractivity (Wildman–Crippen MR) is 157 cm³/mol. The smallest absolute Gasteiger partial charge is 0.337 e. The third-order valence-corrected chi connectivity index (χ3v) is 8.37. The van der Waals surface area contributed by atoms with Gasteiger partial charge in [0.2, 0.25) is 0 Å². The van der Waals surface area contributed by atoms with Crippen LogP contribution in [0.1, 0.15) is 61.7 Å². The van der Waals surface area contributed by atoms with E-state index in [-0.39, 0.29) is 17.8 Å². The number of ether oxygens (including phenoxy) is 1. The number of carbonyl (C=O) groups excluding carboxylic acids is 3. The number of esters is 1. The number of hydrogen-bond donors (Lipinski definition) is 0. The molecular weight excluding hydrogens is 512 g/mol. The van der Waals surface area contributed by atoms with Crippen LogP contribution in [0.3, 0.4) is 0 Å². The summed E-state index contributed by atoms with van der Waals surface area (Å²) < 4.78 is 4.94. The number of rotatable bonds is 8. The van der Waals surface area contributed by atoms with Crippen molar-refractivity contribution in [3.05, 3.63) is 125 Å². The quantitative estimate of drug-likeness (QED) is 0.253. The highest BCUT2D eigenvalue weighted by molar-refractivity contribution is 5.94. The maximum atomic E-state index is 13.3. The van der Waals surface area contributed by atoms with E-state index in [1.54, 1.807) is 30.6 Å². The first-order chi connectivity index (χ1) is 20.0. The Morgan fingerprint density at radius 1 is 0.927 bits per heavy atom. The van der Waals surface area contributed by atoms with Gasteiger partial charge in [-0.15, -0.1) is 0 Å². The molecule has 6 nitrogen and oxygen atoms in total. The average Bonchev–Trinajstić information content (AvgIpc) is 3.85. The molecule has 0 saturated heterocycles. The zero-order valence-corrected chi connectivity index (χ0v) is 23.1. The summed E-state index contributed by atoms with van der Waals surface area (Å²) in [5.74, 6) is 0.305. The molecule has 1 aliphatic carbocycles. The van der Waals surface area contributed by atoms with Gasteiger partial charge in [-0.25, -0.2) is 4.79 Å². The molecule has 3 aromatic carbocycles. The van der Waals surface area contributed by atoms with Crippen molar-refractivity contribution >= 4 is 17.7 Å². The zero-order valence-electron chi connectivity index (χ0n) is 23.1. The van der Waals surface area contributed by atoms with Gasteiger partial charge in [-0.2, -0.15) is 0 Å². The number of hydrogen-bond acceptors (Lipinski definition) is 5. The van der Waals surface area contributed by atoms with Gasteiger partial charge in [-0.1, -0.05) is 54.6 Å². The van der Waals surface area contributed by atoms with E-state index in [4.69, 9.17) is 4.74 Å². The first kappa shape index (κ1) is 26.6. The van der Waals surface area contributed by atoms with Crippen LogP contribution in [0.25, 0.3) is 11.1 Å². The first-order valence-electron chi connectivity index (χ1n) is 14.1. The molecule has 1 saturated carbocycles. The standard InChI is InChI=1S/C35H32N2O4/c1-41-35(40)26-10-5-9-25(19-26)28-14-12-24(13-15-33(38)31-20-30(31)23-7-3-2-4-8-23)32-22-37(18-16-29(28)32)34(39)27-11-6-17-36-21-27/h2-12,14,17,19,21,30-31H,13,15-16,18,20,22H2,1H3. The number of Topliss-reactive ketones (excluding diaryl/α,β-unsaturated/α-hetero) is 1. The van der Waals surface area contributed by atoms with Crippen molar-refractivity contribution in [3.63, 3.8) is 0 Å². The highest BCUT2D eigenvalue weighted by Gasteiger charge is 2.43. The van der Waals surface area contributed by atoms with Crippen LogP contribution in [0.2, 0.25) is 0 Å². The summed E-state index contributed by atoms with van der Waals surface area (Å²) in [5, 5.41) is 0. The molecule has 2 atom stereocenters. The molecule has 206 valence electrons. The van der Waals surface area contributed by atoms with Gasteiger partial charge in [0.05, 0.1) is 18.2 Å². The lowest BCUT2D eigenvalue weighted by Gasteiger charge is -2.32. The molecule has 6 rings (SSSR count). The third kappa shape index (κ3) is 5.55. The number of aryl methyl sites for hydroxylation is 1. The highest BCUT2D eigenvalue weighted by atomic mass is 16.5. The van der Waals surface area contributed by atoms with Crippen LogP contribution in [0.5, 0.6) is 0 Å². The molecular formula is C35H32N2O4. The number of carbonyl (C=O) groups is 3. The van der Waals surface area contributed by atoms with Gasteiger partial charge in [0, 0.05) is 37.8 Å². The van der Waals surface area contributed by atoms with E-state index in [0.29, 0.717) is 55.2 Å². The van der Waals surface area contributed by atoms with Crippen LogP contribution in [-0.2, 0) is 28.9 Å².